The standard InChI is InChI=1S/C13H16O5/c1-16-10-6-9(7-11(8-10)17-2)13(12(14)15)4-3-5-18-13/h6-8H,3-5H2,1-2H3,(H,14,15). The number of carboxylic acids is 1. The molecule has 1 saturated heterocycles. The molecule has 0 spiro atoms. The van der Waals surface area contributed by atoms with Crippen molar-refractivity contribution in [1.29, 1.82) is 0 Å². The van der Waals surface area contributed by atoms with Crippen LogP contribution in [0.4, 0.5) is 0 Å². The number of rotatable bonds is 4. The zero-order valence-electron chi connectivity index (χ0n) is 10.4. The molecule has 0 radical (unpaired) electrons. The third-order valence-corrected chi connectivity index (χ3v) is 3.18. The second-order valence-electron chi connectivity index (χ2n) is 4.19. The van der Waals surface area contributed by atoms with Crippen molar-refractivity contribution in [3.8, 4) is 11.5 Å². The Morgan fingerprint density at radius 1 is 1.28 bits per heavy atom. The molecule has 0 amide bonds. The zero-order valence-corrected chi connectivity index (χ0v) is 10.4. The van der Waals surface area contributed by atoms with Crippen LogP contribution in [0.2, 0.25) is 0 Å². The van der Waals surface area contributed by atoms with Crippen molar-refractivity contribution in [1.82, 2.24) is 0 Å². The Kier molecular flexibility index (Phi) is 3.43. The van der Waals surface area contributed by atoms with Gasteiger partial charge in [0.15, 0.2) is 5.60 Å². The van der Waals surface area contributed by atoms with Gasteiger partial charge in [0, 0.05) is 18.2 Å². The van der Waals surface area contributed by atoms with Crippen LogP contribution in [0.15, 0.2) is 18.2 Å². The molecule has 1 fully saturated rings. The molecule has 0 saturated carbocycles. The van der Waals surface area contributed by atoms with Crippen LogP contribution in [0.5, 0.6) is 11.5 Å². The van der Waals surface area contributed by atoms with Gasteiger partial charge < -0.3 is 19.3 Å². The van der Waals surface area contributed by atoms with E-state index in [-0.39, 0.29) is 0 Å². The van der Waals surface area contributed by atoms with Gasteiger partial charge in [0.2, 0.25) is 0 Å². The predicted octanol–water partition coefficient (Wildman–Crippen LogP) is 1.79. The van der Waals surface area contributed by atoms with Crippen LogP contribution < -0.4 is 9.47 Å². The van der Waals surface area contributed by atoms with Gasteiger partial charge in [-0.15, -0.1) is 0 Å². The molecule has 1 heterocycles. The number of carboxylic acid groups (broad SMARTS) is 1. The van der Waals surface area contributed by atoms with E-state index in [2.05, 4.69) is 0 Å². The third kappa shape index (κ3) is 2.01. The molecule has 2 rings (SSSR count). The molecule has 1 aliphatic heterocycles. The summed E-state index contributed by atoms with van der Waals surface area (Å²) in [5.74, 6) is 0.135. The molecule has 0 bridgehead atoms. The largest absolute Gasteiger partial charge is 0.497 e. The Morgan fingerprint density at radius 3 is 2.28 bits per heavy atom. The Bertz CT molecular complexity index is 426. The van der Waals surface area contributed by atoms with E-state index in [1.165, 1.54) is 14.2 Å². The minimum Gasteiger partial charge on any atom is -0.497 e. The van der Waals surface area contributed by atoms with Crippen molar-refractivity contribution in [2.45, 2.75) is 18.4 Å². The number of aliphatic carboxylic acids is 1. The monoisotopic (exact) mass is 252 g/mol. The fourth-order valence-electron chi connectivity index (χ4n) is 2.20. The van der Waals surface area contributed by atoms with Crippen LogP contribution >= 0.6 is 0 Å². The second-order valence-corrected chi connectivity index (χ2v) is 4.19. The lowest BCUT2D eigenvalue weighted by atomic mass is 9.90. The van der Waals surface area contributed by atoms with Crippen molar-refractivity contribution in [2.75, 3.05) is 20.8 Å². The minimum atomic E-state index is -1.28. The summed E-state index contributed by atoms with van der Waals surface area (Å²) in [7, 11) is 3.06. The van der Waals surface area contributed by atoms with Crippen LogP contribution in [-0.4, -0.2) is 31.9 Å². The number of hydrogen-bond donors (Lipinski definition) is 1. The molecule has 1 unspecified atom stereocenters. The van der Waals surface area contributed by atoms with Gasteiger partial charge in [-0.2, -0.15) is 0 Å². The number of methoxy groups -OCH3 is 2. The van der Waals surface area contributed by atoms with Gasteiger partial charge in [0.25, 0.3) is 0 Å². The zero-order chi connectivity index (χ0) is 13.2. The summed E-state index contributed by atoms with van der Waals surface area (Å²) in [5.41, 5.74) is -0.717. The summed E-state index contributed by atoms with van der Waals surface area (Å²) >= 11 is 0. The molecule has 1 atom stereocenters. The highest BCUT2D eigenvalue weighted by molar-refractivity contribution is 5.80. The summed E-state index contributed by atoms with van der Waals surface area (Å²) in [5, 5.41) is 9.44. The summed E-state index contributed by atoms with van der Waals surface area (Å²) < 4.78 is 15.8. The Labute approximate surface area is 105 Å². The van der Waals surface area contributed by atoms with E-state index in [1.54, 1.807) is 18.2 Å². The van der Waals surface area contributed by atoms with Gasteiger partial charge in [-0.25, -0.2) is 4.79 Å². The maximum Gasteiger partial charge on any atom is 0.340 e. The smallest absolute Gasteiger partial charge is 0.340 e. The number of carbonyl (C=O) groups is 1. The fraction of sp³-hybridized carbons (Fsp3) is 0.462. The van der Waals surface area contributed by atoms with Crippen molar-refractivity contribution >= 4 is 5.97 Å². The van der Waals surface area contributed by atoms with Crippen molar-refractivity contribution in [3.63, 3.8) is 0 Å². The number of hydrogen-bond acceptors (Lipinski definition) is 4. The molecule has 18 heavy (non-hydrogen) atoms. The van der Waals surface area contributed by atoms with Crippen LogP contribution in [0.1, 0.15) is 18.4 Å². The van der Waals surface area contributed by atoms with Gasteiger partial charge in [0.05, 0.1) is 14.2 Å². The Hall–Kier alpha value is -1.75. The normalized spacial score (nSPS) is 22.8. The molecule has 5 nitrogen and oxygen atoms in total. The van der Waals surface area contributed by atoms with Gasteiger partial charge in [-0.3, -0.25) is 0 Å². The Morgan fingerprint density at radius 2 is 1.89 bits per heavy atom. The average molecular weight is 252 g/mol. The Balaban J connectivity index is 2.50. The quantitative estimate of drug-likeness (QED) is 0.885. The van der Waals surface area contributed by atoms with E-state index in [4.69, 9.17) is 14.2 Å². The lowest BCUT2D eigenvalue weighted by Crippen LogP contribution is -2.34. The third-order valence-electron chi connectivity index (χ3n) is 3.18. The maximum absolute atomic E-state index is 11.5. The molecule has 0 aromatic heterocycles. The van der Waals surface area contributed by atoms with Crippen LogP contribution in [0, 0.1) is 0 Å². The molecular formula is C13H16O5. The highest BCUT2D eigenvalue weighted by Gasteiger charge is 2.45. The lowest BCUT2D eigenvalue weighted by molar-refractivity contribution is -0.161. The topological polar surface area (TPSA) is 65.0 Å². The summed E-state index contributed by atoms with van der Waals surface area (Å²) in [6.45, 7) is 0.450. The highest BCUT2D eigenvalue weighted by atomic mass is 16.5. The SMILES string of the molecule is COc1cc(OC)cc(C2(C(=O)O)CCCO2)c1. The molecule has 98 valence electrons. The van der Waals surface area contributed by atoms with E-state index in [0.717, 1.165) is 6.42 Å². The lowest BCUT2D eigenvalue weighted by Gasteiger charge is -2.24. The summed E-state index contributed by atoms with van der Waals surface area (Å²) in [6, 6.07) is 5.07. The van der Waals surface area contributed by atoms with Gasteiger partial charge in [-0.1, -0.05) is 0 Å². The fourth-order valence-corrected chi connectivity index (χ4v) is 2.20. The first-order valence-electron chi connectivity index (χ1n) is 5.73. The van der Waals surface area contributed by atoms with E-state index in [1.807, 2.05) is 0 Å². The maximum atomic E-state index is 11.5. The van der Waals surface area contributed by atoms with E-state index < -0.39 is 11.6 Å². The van der Waals surface area contributed by atoms with Gasteiger partial charge in [0.1, 0.15) is 11.5 Å². The second kappa shape index (κ2) is 4.86. The minimum absolute atomic E-state index is 0.450. The molecule has 5 heteroatoms. The van der Waals surface area contributed by atoms with Crippen LogP contribution in [0.3, 0.4) is 0 Å². The van der Waals surface area contributed by atoms with Crippen molar-refractivity contribution in [2.24, 2.45) is 0 Å². The summed E-state index contributed by atoms with van der Waals surface area (Å²) in [6.07, 6.45) is 1.19. The molecule has 0 aliphatic carbocycles. The van der Waals surface area contributed by atoms with E-state index in [9.17, 15) is 9.90 Å². The number of ether oxygens (including phenoxy) is 3. The van der Waals surface area contributed by atoms with E-state index >= 15 is 0 Å². The predicted molar refractivity (Wildman–Crippen MR) is 64.0 cm³/mol. The van der Waals surface area contributed by atoms with Gasteiger partial charge in [-0.05, 0) is 25.0 Å². The highest BCUT2D eigenvalue weighted by Crippen LogP contribution is 2.39. The first kappa shape index (κ1) is 12.7. The molecule has 1 aliphatic rings. The molecule has 1 N–H and O–H groups in total. The van der Waals surface area contributed by atoms with Gasteiger partial charge >= 0.3 is 5.97 Å². The van der Waals surface area contributed by atoms with Crippen LogP contribution in [0.25, 0.3) is 0 Å². The first-order chi connectivity index (χ1) is 8.62. The average Bonchev–Trinajstić information content (AvgIpc) is 2.88. The van der Waals surface area contributed by atoms with Crippen LogP contribution in [-0.2, 0) is 15.1 Å². The molecule has 1 aromatic rings. The summed E-state index contributed by atoms with van der Waals surface area (Å²) in [4.78, 5) is 11.5. The van der Waals surface area contributed by atoms with Crippen molar-refractivity contribution in [3.05, 3.63) is 23.8 Å². The molecular weight excluding hydrogens is 236 g/mol. The van der Waals surface area contributed by atoms with E-state index in [0.29, 0.717) is 30.1 Å². The molecule has 1 aromatic carbocycles. The first-order valence-corrected chi connectivity index (χ1v) is 5.73. The number of benzene rings is 1. The van der Waals surface area contributed by atoms with Crippen molar-refractivity contribution < 1.29 is 24.1 Å².